The van der Waals surface area contributed by atoms with Crippen molar-refractivity contribution in [3.8, 4) is 10.4 Å². The van der Waals surface area contributed by atoms with E-state index in [2.05, 4.69) is 10.1 Å². The summed E-state index contributed by atoms with van der Waals surface area (Å²) in [5, 5.41) is 17.1. The number of aromatic nitrogens is 4. The second-order valence-corrected chi connectivity index (χ2v) is 12.0. The third-order valence-electron chi connectivity index (χ3n) is 8.02. The summed E-state index contributed by atoms with van der Waals surface area (Å²) in [6.07, 6.45) is 0.241. The van der Waals surface area contributed by atoms with E-state index in [0.717, 1.165) is 32.9 Å². The Bertz CT molecular complexity index is 1760. The number of aryl methyl sites for hydroxylation is 1. The number of carbonyl (C=O) groups is 2. The molecule has 14 heteroatoms. The Morgan fingerprint density at radius 1 is 1.19 bits per heavy atom. The molecule has 1 aliphatic heterocycles. The molecule has 1 fully saturated rings. The summed E-state index contributed by atoms with van der Waals surface area (Å²) in [5.41, 5.74) is 1.06. The van der Waals surface area contributed by atoms with Gasteiger partial charge in [-0.2, -0.15) is 4.39 Å². The van der Waals surface area contributed by atoms with Crippen molar-refractivity contribution in [3.63, 3.8) is 0 Å². The maximum absolute atomic E-state index is 13.6. The molecule has 1 aliphatic carbocycles. The van der Waals surface area contributed by atoms with Crippen LogP contribution in [0.25, 0.3) is 21.3 Å². The van der Waals surface area contributed by atoms with Gasteiger partial charge in [-0.05, 0) is 42.5 Å². The summed E-state index contributed by atoms with van der Waals surface area (Å²) in [4.78, 5) is 44.9. The zero-order chi connectivity index (χ0) is 29.8. The van der Waals surface area contributed by atoms with Crippen molar-refractivity contribution in [2.24, 2.45) is 0 Å². The molecule has 1 N–H and O–H groups in total. The van der Waals surface area contributed by atoms with Crippen LogP contribution < -0.4 is 5.56 Å². The number of carbonyl (C=O) groups excluding carboxylic acids is 2. The predicted molar refractivity (Wildman–Crippen MR) is 150 cm³/mol. The molecule has 1 unspecified atom stereocenters. The van der Waals surface area contributed by atoms with Crippen molar-refractivity contribution in [1.29, 1.82) is 0 Å². The summed E-state index contributed by atoms with van der Waals surface area (Å²) >= 11 is 7.75. The van der Waals surface area contributed by atoms with Crippen molar-refractivity contribution < 1.29 is 27.9 Å². The number of fused-ring (bicyclic) bond motifs is 2. The normalized spacial score (nSPS) is 17.3. The monoisotopic (exact) mass is 619 g/mol. The van der Waals surface area contributed by atoms with Gasteiger partial charge in [-0.3, -0.25) is 23.6 Å². The molecule has 1 aromatic carbocycles. The van der Waals surface area contributed by atoms with Gasteiger partial charge in [0.15, 0.2) is 5.78 Å². The molecule has 4 aromatic rings. The minimum atomic E-state index is -2.93. The molecular formula is C28H25ClF3N5O4S. The van der Waals surface area contributed by atoms with Crippen molar-refractivity contribution in [2.75, 3.05) is 13.1 Å². The number of piperidine rings is 1. The van der Waals surface area contributed by atoms with E-state index >= 15 is 0 Å². The first-order valence-electron chi connectivity index (χ1n) is 13.3. The van der Waals surface area contributed by atoms with Gasteiger partial charge in [-0.25, -0.2) is 13.8 Å². The molecule has 4 heterocycles. The molecule has 1 atom stereocenters. The molecule has 9 nitrogen and oxygen atoms in total. The zero-order valence-corrected chi connectivity index (χ0v) is 23.7. The second-order valence-electron chi connectivity index (χ2n) is 10.7. The number of halogens is 4. The molecule has 1 saturated heterocycles. The van der Waals surface area contributed by atoms with Gasteiger partial charge in [0.2, 0.25) is 11.9 Å². The summed E-state index contributed by atoms with van der Waals surface area (Å²) in [5.74, 6) is -1.45. The van der Waals surface area contributed by atoms with Gasteiger partial charge < -0.3 is 10.0 Å². The first-order valence-corrected chi connectivity index (χ1v) is 14.6. The van der Waals surface area contributed by atoms with E-state index in [9.17, 15) is 32.7 Å². The lowest BCUT2D eigenvalue weighted by Crippen LogP contribution is -2.50. The molecule has 0 radical (unpaired) electrons. The maximum Gasteiger partial charge on any atom is 0.262 e. The molecule has 0 saturated carbocycles. The Kier molecular flexibility index (Phi) is 7.44. The smallest absolute Gasteiger partial charge is 0.262 e. The van der Waals surface area contributed by atoms with Crippen LogP contribution in [0.2, 0.25) is 5.02 Å². The highest BCUT2D eigenvalue weighted by Crippen LogP contribution is 2.38. The van der Waals surface area contributed by atoms with E-state index in [-0.39, 0.29) is 43.8 Å². The largest absolute Gasteiger partial charge is 0.388 e. The average Bonchev–Trinajstić information content (AvgIpc) is 3.67. The van der Waals surface area contributed by atoms with Crippen LogP contribution in [-0.2, 0) is 17.8 Å². The highest BCUT2D eigenvalue weighted by Gasteiger charge is 2.36. The minimum Gasteiger partial charge on any atom is -0.388 e. The quantitative estimate of drug-likeness (QED) is 0.326. The maximum atomic E-state index is 13.6. The Morgan fingerprint density at radius 2 is 1.95 bits per heavy atom. The van der Waals surface area contributed by atoms with Gasteiger partial charge in [-0.15, -0.1) is 16.4 Å². The number of likely N-dealkylation sites (tertiary alicyclic amines) is 1. The van der Waals surface area contributed by atoms with E-state index in [4.69, 9.17) is 11.6 Å². The van der Waals surface area contributed by atoms with Crippen molar-refractivity contribution in [3.05, 3.63) is 68.6 Å². The Hall–Kier alpha value is -3.55. The zero-order valence-electron chi connectivity index (χ0n) is 22.1. The fraction of sp³-hybridized carbons (Fsp3) is 0.393. The van der Waals surface area contributed by atoms with Crippen LogP contribution in [0.3, 0.4) is 0 Å². The van der Waals surface area contributed by atoms with E-state index in [1.165, 1.54) is 27.1 Å². The number of thiophene rings is 1. The summed E-state index contributed by atoms with van der Waals surface area (Å²) in [7, 11) is 0. The SMILES string of the molecule is O=C1CCc2cc(-c3scc4c(=O)n(CC5(O)CCN(C(=O)CC(C(F)F)n6ccc(F)n6)CC5)cnc34)cc(Cl)c21. The molecule has 0 spiro atoms. The molecular weight excluding hydrogens is 595 g/mol. The number of benzene rings is 1. The standard InChI is InChI=1S/C28H25ClF3N5O4S/c29-18-10-16(9-15-1-2-20(38)23(15)18)25-24-17(12-42-25)27(40)36(14-33-24)13-28(41)4-7-35(8-5-28)22(39)11-19(26(31)32)37-6-3-21(30)34-37/h3,6,9-10,12,14,19,26,41H,1-2,4-5,7-8,11,13H2. The van der Waals surface area contributed by atoms with Gasteiger partial charge >= 0.3 is 0 Å². The minimum absolute atomic E-state index is 0.0231. The lowest BCUT2D eigenvalue weighted by Gasteiger charge is -2.38. The molecule has 1 amide bonds. The van der Waals surface area contributed by atoms with E-state index < -0.39 is 36.3 Å². The average molecular weight is 620 g/mol. The number of hydrogen-bond acceptors (Lipinski definition) is 7. The fourth-order valence-corrected chi connectivity index (χ4v) is 7.03. The highest BCUT2D eigenvalue weighted by atomic mass is 35.5. The van der Waals surface area contributed by atoms with Crippen LogP contribution in [-0.4, -0.2) is 66.1 Å². The highest BCUT2D eigenvalue weighted by molar-refractivity contribution is 7.15. The first-order chi connectivity index (χ1) is 20.0. The number of hydrogen-bond donors (Lipinski definition) is 1. The molecule has 0 bridgehead atoms. The Balaban J connectivity index is 1.15. The second kappa shape index (κ2) is 10.9. The Labute approximate surface area is 246 Å². The van der Waals surface area contributed by atoms with Crippen molar-refractivity contribution >= 4 is 45.5 Å². The summed E-state index contributed by atoms with van der Waals surface area (Å²) < 4.78 is 42.5. The first kappa shape index (κ1) is 28.6. The number of ketones is 1. The molecule has 42 heavy (non-hydrogen) atoms. The van der Waals surface area contributed by atoms with E-state index in [0.29, 0.717) is 34.3 Å². The lowest BCUT2D eigenvalue weighted by molar-refractivity contribution is -0.138. The van der Waals surface area contributed by atoms with Crippen LogP contribution in [0.1, 0.15) is 47.6 Å². The van der Waals surface area contributed by atoms with E-state index in [1.807, 2.05) is 6.07 Å². The van der Waals surface area contributed by atoms with E-state index in [1.54, 1.807) is 11.4 Å². The van der Waals surface area contributed by atoms with Gasteiger partial charge in [0.05, 0.1) is 45.7 Å². The van der Waals surface area contributed by atoms with Crippen LogP contribution in [0.4, 0.5) is 13.2 Å². The van der Waals surface area contributed by atoms with Gasteiger partial charge in [0, 0.05) is 42.7 Å². The van der Waals surface area contributed by atoms with Crippen LogP contribution in [0.5, 0.6) is 0 Å². The number of aliphatic hydroxyl groups is 1. The lowest BCUT2D eigenvalue weighted by atomic mass is 9.91. The van der Waals surface area contributed by atoms with Crippen molar-refractivity contribution in [2.45, 2.75) is 56.7 Å². The number of nitrogens with zero attached hydrogens (tertiary/aromatic N) is 5. The summed E-state index contributed by atoms with van der Waals surface area (Å²) in [6.45, 7) is 0.155. The van der Waals surface area contributed by atoms with Crippen LogP contribution >= 0.6 is 22.9 Å². The number of Topliss-reactive ketones (excluding diaryl/α,β-unsaturated/α-hetero) is 1. The molecule has 220 valence electrons. The molecule has 3 aromatic heterocycles. The van der Waals surface area contributed by atoms with Crippen LogP contribution in [0, 0.1) is 5.95 Å². The number of alkyl halides is 2. The molecule has 2 aliphatic rings. The fourth-order valence-electron chi connectivity index (χ4n) is 5.71. The Morgan fingerprint density at radius 3 is 2.64 bits per heavy atom. The number of amides is 1. The van der Waals surface area contributed by atoms with Gasteiger partial charge in [0.1, 0.15) is 6.04 Å². The van der Waals surface area contributed by atoms with Crippen molar-refractivity contribution in [1.82, 2.24) is 24.2 Å². The third-order valence-corrected chi connectivity index (χ3v) is 9.33. The third kappa shape index (κ3) is 5.25. The van der Waals surface area contributed by atoms with Gasteiger partial charge in [0.25, 0.3) is 12.0 Å². The topological polar surface area (TPSA) is 110 Å². The molecule has 6 rings (SSSR count). The summed E-state index contributed by atoms with van der Waals surface area (Å²) in [6, 6.07) is 2.97. The van der Waals surface area contributed by atoms with Gasteiger partial charge in [-0.1, -0.05) is 11.6 Å². The van der Waals surface area contributed by atoms with Crippen LogP contribution in [0.15, 0.2) is 40.9 Å². The number of rotatable bonds is 7. The predicted octanol–water partition coefficient (Wildman–Crippen LogP) is 4.49.